The van der Waals surface area contributed by atoms with Crippen molar-refractivity contribution in [1.29, 1.82) is 0 Å². The maximum Gasteiger partial charge on any atom is 0.297 e. The Bertz CT molecular complexity index is 1230. The highest BCUT2D eigenvalue weighted by atomic mass is 35.5. The molecular formula is C19H13Cl2N3O3. The van der Waals surface area contributed by atoms with Crippen molar-refractivity contribution in [3.63, 3.8) is 0 Å². The van der Waals surface area contributed by atoms with Crippen LogP contribution in [0.15, 0.2) is 58.0 Å². The number of nitrogens with one attached hydrogen (secondary N) is 1. The van der Waals surface area contributed by atoms with Crippen molar-refractivity contribution in [2.75, 3.05) is 0 Å². The number of para-hydroxylation sites is 1. The first-order chi connectivity index (χ1) is 13.0. The lowest BCUT2D eigenvalue weighted by molar-refractivity contribution is -0.121. The van der Waals surface area contributed by atoms with Crippen molar-refractivity contribution in [2.45, 2.75) is 13.1 Å². The molecule has 0 spiro atoms. The van der Waals surface area contributed by atoms with Crippen LogP contribution in [0.1, 0.15) is 5.56 Å². The van der Waals surface area contributed by atoms with Crippen LogP contribution in [0, 0.1) is 0 Å². The zero-order chi connectivity index (χ0) is 19.0. The second-order valence-corrected chi connectivity index (χ2v) is 6.81. The van der Waals surface area contributed by atoms with Crippen LogP contribution in [0.2, 0.25) is 10.0 Å². The Balaban J connectivity index is 1.54. The highest BCUT2D eigenvalue weighted by Gasteiger charge is 2.14. The van der Waals surface area contributed by atoms with Gasteiger partial charge in [0.15, 0.2) is 0 Å². The first kappa shape index (κ1) is 17.6. The summed E-state index contributed by atoms with van der Waals surface area (Å²) in [4.78, 5) is 29.1. The van der Waals surface area contributed by atoms with Gasteiger partial charge in [0, 0.05) is 22.0 Å². The lowest BCUT2D eigenvalue weighted by atomic mass is 10.2. The highest BCUT2D eigenvalue weighted by Crippen LogP contribution is 2.24. The Morgan fingerprint density at radius 2 is 2.00 bits per heavy atom. The first-order valence-electron chi connectivity index (χ1n) is 8.10. The molecule has 0 saturated heterocycles. The number of hydrogen-bond donors (Lipinski definition) is 1. The fourth-order valence-electron chi connectivity index (χ4n) is 2.80. The fourth-order valence-corrected chi connectivity index (χ4v) is 3.27. The van der Waals surface area contributed by atoms with Crippen molar-refractivity contribution in [1.82, 2.24) is 14.9 Å². The number of rotatable bonds is 4. The van der Waals surface area contributed by atoms with Crippen molar-refractivity contribution in [3.05, 3.63) is 74.8 Å². The van der Waals surface area contributed by atoms with Crippen LogP contribution >= 0.6 is 23.2 Å². The molecule has 0 atom stereocenters. The van der Waals surface area contributed by atoms with Crippen LogP contribution < -0.4 is 10.9 Å². The van der Waals surface area contributed by atoms with Crippen LogP contribution in [-0.4, -0.2) is 15.5 Å². The van der Waals surface area contributed by atoms with Gasteiger partial charge in [-0.2, -0.15) is 0 Å². The average Bonchev–Trinajstić information content (AvgIpc) is 3.03. The summed E-state index contributed by atoms with van der Waals surface area (Å²) in [6.45, 7) is 0.0495. The predicted molar refractivity (Wildman–Crippen MR) is 104 cm³/mol. The molecule has 136 valence electrons. The van der Waals surface area contributed by atoms with Gasteiger partial charge >= 0.3 is 0 Å². The highest BCUT2D eigenvalue weighted by molar-refractivity contribution is 6.35. The molecule has 2 aromatic heterocycles. The zero-order valence-electron chi connectivity index (χ0n) is 13.9. The minimum atomic E-state index is -0.407. The van der Waals surface area contributed by atoms with E-state index in [2.05, 4.69) is 10.3 Å². The molecule has 0 unspecified atom stereocenters. The summed E-state index contributed by atoms with van der Waals surface area (Å²) >= 11 is 11.9. The number of amides is 1. The number of carbonyl (C=O) groups excluding carboxylic acids is 1. The Morgan fingerprint density at radius 3 is 2.81 bits per heavy atom. The molecule has 2 aromatic carbocycles. The number of halogens is 2. The number of carbonyl (C=O) groups is 1. The van der Waals surface area contributed by atoms with Crippen LogP contribution in [0.25, 0.3) is 22.1 Å². The summed E-state index contributed by atoms with van der Waals surface area (Å²) in [5, 5.41) is 4.47. The largest absolute Gasteiger partial charge is 0.448 e. The molecule has 0 bridgehead atoms. The van der Waals surface area contributed by atoms with E-state index in [1.165, 1.54) is 10.9 Å². The van der Waals surface area contributed by atoms with Gasteiger partial charge in [-0.25, -0.2) is 4.98 Å². The maximum atomic E-state index is 12.6. The number of aromatic nitrogens is 2. The average molecular weight is 402 g/mol. The van der Waals surface area contributed by atoms with E-state index in [1.54, 1.807) is 24.3 Å². The van der Waals surface area contributed by atoms with Gasteiger partial charge in [-0.3, -0.25) is 14.2 Å². The van der Waals surface area contributed by atoms with E-state index in [1.807, 2.05) is 18.2 Å². The molecule has 0 saturated carbocycles. The third-order valence-electron chi connectivity index (χ3n) is 4.16. The first-order valence-corrected chi connectivity index (χ1v) is 8.86. The molecule has 1 N–H and O–H groups in total. The van der Waals surface area contributed by atoms with E-state index in [-0.39, 0.29) is 24.6 Å². The summed E-state index contributed by atoms with van der Waals surface area (Å²) in [5.41, 5.74) is 1.52. The molecule has 4 aromatic rings. The smallest absolute Gasteiger partial charge is 0.297 e. The normalized spacial score (nSPS) is 11.2. The summed E-state index contributed by atoms with van der Waals surface area (Å²) in [5.74, 6) is -0.347. The molecule has 0 fully saturated rings. The molecule has 1 amide bonds. The monoisotopic (exact) mass is 401 g/mol. The Hall–Kier alpha value is -2.83. The maximum absolute atomic E-state index is 12.6. The Kier molecular flexibility index (Phi) is 4.59. The van der Waals surface area contributed by atoms with Gasteiger partial charge in [0.25, 0.3) is 5.56 Å². The topological polar surface area (TPSA) is 77.1 Å². The van der Waals surface area contributed by atoms with Gasteiger partial charge in [-0.15, -0.1) is 0 Å². The molecule has 6 nitrogen and oxygen atoms in total. The van der Waals surface area contributed by atoms with Crippen LogP contribution in [-0.2, 0) is 17.9 Å². The lowest BCUT2D eigenvalue weighted by Gasteiger charge is -2.08. The summed E-state index contributed by atoms with van der Waals surface area (Å²) in [7, 11) is 0. The van der Waals surface area contributed by atoms with E-state index in [0.717, 1.165) is 10.9 Å². The van der Waals surface area contributed by atoms with Crippen molar-refractivity contribution in [3.8, 4) is 0 Å². The number of benzene rings is 2. The van der Waals surface area contributed by atoms with E-state index in [9.17, 15) is 9.59 Å². The summed E-state index contributed by atoms with van der Waals surface area (Å²) in [6, 6.07) is 12.3. The number of hydrogen-bond acceptors (Lipinski definition) is 4. The standard InChI is InChI=1S/C19H13Cl2N3O3/c20-12-6-5-11(14(21)7-12)8-22-16(25)9-24-10-23-17-13-3-1-2-4-15(13)27-18(17)19(24)26/h1-7,10H,8-9H2,(H,22,25). The molecule has 0 aliphatic rings. The fraction of sp³-hybridized carbons (Fsp3) is 0.105. The minimum Gasteiger partial charge on any atom is -0.448 e. The lowest BCUT2D eigenvalue weighted by Crippen LogP contribution is -2.32. The molecular weight excluding hydrogens is 389 g/mol. The van der Waals surface area contributed by atoms with Gasteiger partial charge in [0.2, 0.25) is 11.5 Å². The summed E-state index contributed by atoms with van der Waals surface area (Å²) in [6.07, 6.45) is 1.35. The molecule has 8 heteroatoms. The Labute approximate surface area is 163 Å². The quantitative estimate of drug-likeness (QED) is 0.564. The molecule has 4 rings (SSSR count). The molecule has 0 aliphatic heterocycles. The van der Waals surface area contributed by atoms with Crippen molar-refractivity contribution in [2.24, 2.45) is 0 Å². The van der Waals surface area contributed by atoms with Gasteiger partial charge < -0.3 is 9.73 Å². The third kappa shape index (κ3) is 3.41. The number of furan rings is 1. The van der Waals surface area contributed by atoms with E-state index < -0.39 is 5.56 Å². The van der Waals surface area contributed by atoms with Gasteiger partial charge in [0.05, 0.1) is 6.33 Å². The van der Waals surface area contributed by atoms with Crippen molar-refractivity contribution < 1.29 is 9.21 Å². The number of nitrogens with zero attached hydrogens (tertiary/aromatic N) is 2. The van der Waals surface area contributed by atoms with Gasteiger partial charge in [0.1, 0.15) is 17.6 Å². The van der Waals surface area contributed by atoms with Crippen LogP contribution in [0.4, 0.5) is 0 Å². The predicted octanol–water partition coefficient (Wildman–Crippen LogP) is 3.77. The van der Waals surface area contributed by atoms with Gasteiger partial charge in [-0.05, 0) is 29.8 Å². The van der Waals surface area contributed by atoms with Crippen LogP contribution in [0.3, 0.4) is 0 Å². The Morgan fingerprint density at radius 1 is 1.19 bits per heavy atom. The second-order valence-electron chi connectivity index (χ2n) is 5.97. The molecule has 27 heavy (non-hydrogen) atoms. The zero-order valence-corrected chi connectivity index (χ0v) is 15.4. The second kappa shape index (κ2) is 7.06. The molecule has 0 aliphatic carbocycles. The SMILES string of the molecule is O=C(Cn1cnc2c(oc3ccccc32)c1=O)NCc1ccc(Cl)cc1Cl. The third-order valence-corrected chi connectivity index (χ3v) is 4.74. The molecule has 2 heterocycles. The summed E-state index contributed by atoms with van der Waals surface area (Å²) < 4.78 is 6.82. The van der Waals surface area contributed by atoms with Gasteiger partial charge in [-0.1, -0.05) is 41.4 Å². The van der Waals surface area contributed by atoms with E-state index >= 15 is 0 Å². The minimum absolute atomic E-state index is 0.132. The van der Waals surface area contributed by atoms with E-state index in [4.69, 9.17) is 27.6 Å². The number of fused-ring (bicyclic) bond motifs is 3. The van der Waals surface area contributed by atoms with Crippen LogP contribution in [0.5, 0.6) is 0 Å². The van der Waals surface area contributed by atoms with E-state index in [0.29, 0.717) is 21.1 Å². The molecule has 0 radical (unpaired) electrons. The van der Waals surface area contributed by atoms with Crippen molar-refractivity contribution >= 4 is 51.2 Å².